The highest BCUT2D eigenvalue weighted by atomic mass is 19.1. The van der Waals surface area contributed by atoms with Gasteiger partial charge in [-0.25, -0.2) is 19.2 Å². The molecular formula is C35H48FN7O3. The van der Waals surface area contributed by atoms with Crippen LogP contribution in [0.2, 0.25) is 0 Å². The van der Waals surface area contributed by atoms with Crippen molar-refractivity contribution in [3.8, 4) is 11.5 Å². The highest BCUT2D eigenvalue weighted by Crippen LogP contribution is 2.52. The number of anilines is 1. The van der Waals surface area contributed by atoms with Crippen molar-refractivity contribution in [3.05, 3.63) is 42.1 Å². The molecule has 1 aromatic carbocycles. The van der Waals surface area contributed by atoms with E-state index in [4.69, 9.17) is 4.74 Å². The van der Waals surface area contributed by atoms with Crippen LogP contribution >= 0.6 is 0 Å². The summed E-state index contributed by atoms with van der Waals surface area (Å²) in [5.41, 5.74) is 0.469. The molecule has 6 fully saturated rings. The SMILES string of the molecule is CCN(C(=O)c1cc(F)ccc1Oc1cncnc1N1CC2(CCN(CC3CC4CCC3CC43CN(C)C(=O)N3)CC2)C1)C(C)C. The molecule has 3 aliphatic carbocycles. The minimum absolute atomic E-state index is 0.00783. The van der Waals surface area contributed by atoms with Gasteiger partial charge in [-0.3, -0.25) is 4.79 Å². The molecule has 3 saturated carbocycles. The summed E-state index contributed by atoms with van der Waals surface area (Å²) in [6.07, 6.45) is 10.4. The summed E-state index contributed by atoms with van der Waals surface area (Å²) in [6, 6.07) is 4.15. The third-order valence-electron chi connectivity index (χ3n) is 11.8. The Labute approximate surface area is 271 Å². The third kappa shape index (κ3) is 5.58. The van der Waals surface area contributed by atoms with Gasteiger partial charge in [0.05, 0.1) is 17.3 Å². The van der Waals surface area contributed by atoms with E-state index in [-0.39, 0.29) is 34.5 Å². The number of hydrogen-bond acceptors (Lipinski definition) is 7. The number of benzene rings is 1. The lowest BCUT2D eigenvalue weighted by Crippen LogP contribution is -2.62. The summed E-state index contributed by atoms with van der Waals surface area (Å²) in [7, 11) is 1.92. The van der Waals surface area contributed by atoms with Crippen LogP contribution in [0.25, 0.3) is 0 Å². The Hall–Kier alpha value is -3.47. The molecule has 10 nitrogen and oxygen atoms in total. The highest BCUT2D eigenvalue weighted by Gasteiger charge is 2.56. The number of likely N-dealkylation sites (tertiary alicyclic amines) is 1. The summed E-state index contributed by atoms with van der Waals surface area (Å²) in [4.78, 5) is 42.9. The van der Waals surface area contributed by atoms with Crippen LogP contribution in [0.5, 0.6) is 11.5 Å². The van der Waals surface area contributed by atoms with E-state index >= 15 is 0 Å². The van der Waals surface area contributed by atoms with Crippen molar-refractivity contribution in [2.45, 2.75) is 70.9 Å². The number of halogens is 1. The lowest BCUT2D eigenvalue weighted by molar-refractivity contribution is -0.0147. The van der Waals surface area contributed by atoms with Crippen LogP contribution in [0, 0.1) is 29.0 Å². The lowest BCUT2D eigenvalue weighted by atomic mass is 9.56. The molecule has 1 N–H and O–H groups in total. The number of amides is 3. The molecule has 0 radical (unpaired) electrons. The summed E-state index contributed by atoms with van der Waals surface area (Å²) >= 11 is 0. The van der Waals surface area contributed by atoms with Crippen LogP contribution in [0.4, 0.5) is 15.0 Å². The van der Waals surface area contributed by atoms with Gasteiger partial charge in [-0.15, -0.1) is 0 Å². The molecule has 3 amide bonds. The van der Waals surface area contributed by atoms with E-state index in [1.165, 1.54) is 50.3 Å². The number of urea groups is 1. The van der Waals surface area contributed by atoms with E-state index in [2.05, 4.69) is 25.1 Å². The fourth-order valence-electron chi connectivity index (χ4n) is 9.31. The first-order valence-corrected chi connectivity index (χ1v) is 17.2. The number of rotatable bonds is 8. The van der Waals surface area contributed by atoms with Gasteiger partial charge in [0, 0.05) is 51.2 Å². The van der Waals surface area contributed by atoms with Crippen LogP contribution in [0.1, 0.15) is 69.7 Å². The Kier molecular flexibility index (Phi) is 8.10. The Morgan fingerprint density at radius 1 is 1.17 bits per heavy atom. The number of carbonyl (C=O) groups excluding carboxylic acids is 2. The molecule has 8 rings (SSSR count). The number of likely N-dealkylation sites (N-methyl/N-ethyl adjacent to an activating group) is 1. The number of piperidine rings is 1. The molecule has 2 spiro atoms. The summed E-state index contributed by atoms with van der Waals surface area (Å²) in [6.45, 7) is 12.4. The summed E-state index contributed by atoms with van der Waals surface area (Å²) in [5, 5.41) is 3.38. The predicted molar refractivity (Wildman–Crippen MR) is 174 cm³/mol. The molecule has 1 aromatic heterocycles. The van der Waals surface area contributed by atoms with Crippen molar-refractivity contribution in [2.24, 2.45) is 23.2 Å². The zero-order valence-electron chi connectivity index (χ0n) is 27.7. The zero-order valence-corrected chi connectivity index (χ0v) is 27.7. The van der Waals surface area contributed by atoms with E-state index in [1.54, 1.807) is 11.1 Å². The van der Waals surface area contributed by atoms with Crippen LogP contribution in [-0.2, 0) is 0 Å². The van der Waals surface area contributed by atoms with Gasteiger partial charge >= 0.3 is 6.03 Å². The van der Waals surface area contributed by atoms with Crippen LogP contribution in [-0.4, -0.2) is 101 Å². The number of fused-ring (bicyclic) bond motifs is 2. The van der Waals surface area contributed by atoms with Crippen molar-refractivity contribution in [3.63, 3.8) is 0 Å². The Bertz CT molecular complexity index is 1470. The number of hydrogen-bond donors (Lipinski definition) is 1. The van der Waals surface area contributed by atoms with Crippen molar-refractivity contribution >= 4 is 17.8 Å². The van der Waals surface area contributed by atoms with Gasteiger partial charge in [-0.2, -0.15) is 0 Å². The van der Waals surface area contributed by atoms with E-state index in [0.29, 0.717) is 35.7 Å². The van der Waals surface area contributed by atoms with Crippen molar-refractivity contribution in [2.75, 3.05) is 57.8 Å². The van der Waals surface area contributed by atoms with E-state index in [0.717, 1.165) is 57.9 Å². The van der Waals surface area contributed by atoms with E-state index in [9.17, 15) is 14.0 Å². The molecule has 6 aliphatic rings. The number of ether oxygens (including phenoxy) is 1. The van der Waals surface area contributed by atoms with Crippen LogP contribution in [0.3, 0.4) is 0 Å². The monoisotopic (exact) mass is 633 g/mol. The van der Waals surface area contributed by atoms with E-state index in [1.807, 2.05) is 32.7 Å². The van der Waals surface area contributed by atoms with Crippen LogP contribution < -0.4 is 15.0 Å². The third-order valence-corrected chi connectivity index (χ3v) is 11.8. The molecule has 4 atom stereocenters. The molecule has 2 bridgehead atoms. The normalized spacial score (nSPS) is 28.6. The van der Waals surface area contributed by atoms with Gasteiger partial charge in [0.15, 0.2) is 11.6 Å². The van der Waals surface area contributed by atoms with Gasteiger partial charge in [0.2, 0.25) is 0 Å². The lowest BCUT2D eigenvalue weighted by Gasteiger charge is -2.56. The fourth-order valence-corrected chi connectivity index (χ4v) is 9.31. The second-order valence-electron chi connectivity index (χ2n) is 15.0. The first-order valence-electron chi connectivity index (χ1n) is 17.2. The van der Waals surface area contributed by atoms with Gasteiger partial charge in [0.1, 0.15) is 17.9 Å². The van der Waals surface area contributed by atoms with Gasteiger partial charge in [-0.05, 0) is 108 Å². The first-order chi connectivity index (χ1) is 22.1. The molecule has 4 heterocycles. The largest absolute Gasteiger partial charge is 0.451 e. The number of nitrogens with zero attached hydrogens (tertiary/aromatic N) is 6. The first kappa shape index (κ1) is 31.1. The number of carbonyl (C=O) groups is 2. The van der Waals surface area contributed by atoms with Crippen molar-refractivity contribution < 1.29 is 18.7 Å². The standard InChI is InChI=1S/C35H48FN7O3/c1-5-43(23(2)3)32(44)28-15-27(36)8-9-29(28)46-30-17-37-22-38-31(30)42-19-34(20-42)10-12-41(13-11-34)18-25-14-26-7-6-24(25)16-35(26)21-40(4)33(45)39-35/h8-9,15,17,22-26H,5-7,10-14,16,18-21H2,1-4H3,(H,39,45). The Balaban J connectivity index is 0.961. The average molecular weight is 634 g/mol. The van der Waals surface area contributed by atoms with Gasteiger partial charge in [0.25, 0.3) is 5.91 Å². The Morgan fingerprint density at radius 3 is 2.61 bits per heavy atom. The topological polar surface area (TPSA) is 94.1 Å². The maximum absolute atomic E-state index is 14.3. The van der Waals surface area contributed by atoms with Crippen LogP contribution in [0.15, 0.2) is 30.7 Å². The van der Waals surface area contributed by atoms with Crippen molar-refractivity contribution in [1.82, 2.24) is 30.0 Å². The highest BCUT2D eigenvalue weighted by molar-refractivity contribution is 5.97. The maximum Gasteiger partial charge on any atom is 0.317 e. The minimum atomic E-state index is -0.480. The van der Waals surface area contributed by atoms with Gasteiger partial charge in [-0.1, -0.05) is 0 Å². The summed E-state index contributed by atoms with van der Waals surface area (Å²) in [5.74, 6) is 2.77. The fraction of sp³-hybridized carbons (Fsp3) is 0.657. The molecule has 3 aliphatic heterocycles. The molecular weight excluding hydrogens is 585 g/mol. The minimum Gasteiger partial charge on any atom is -0.451 e. The van der Waals surface area contributed by atoms with Crippen molar-refractivity contribution in [1.29, 1.82) is 0 Å². The molecule has 4 unspecified atom stereocenters. The number of nitrogens with one attached hydrogen (secondary N) is 1. The molecule has 11 heteroatoms. The zero-order chi connectivity index (χ0) is 32.2. The predicted octanol–water partition coefficient (Wildman–Crippen LogP) is 5.01. The average Bonchev–Trinajstić information content (AvgIpc) is 3.30. The second-order valence-corrected chi connectivity index (χ2v) is 15.0. The van der Waals surface area contributed by atoms with E-state index < -0.39 is 5.82 Å². The molecule has 248 valence electrons. The van der Waals surface area contributed by atoms with Gasteiger partial charge < -0.3 is 29.7 Å². The molecule has 3 saturated heterocycles. The quantitative estimate of drug-likeness (QED) is 0.437. The Morgan fingerprint density at radius 2 is 1.96 bits per heavy atom. The smallest absolute Gasteiger partial charge is 0.317 e. The maximum atomic E-state index is 14.3. The number of aromatic nitrogens is 2. The summed E-state index contributed by atoms with van der Waals surface area (Å²) < 4.78 is 20.6. The second kappa shape index (κ2) is 12.0. The molecule has 46 heavy (non-hydrogen) atoms. The molecule has 2 aromatic rings.